The van der Waals surface area contributed by atoms with E-state index in [1.807, 2.05) is 54.6 Å². The van der Waals surface area contributed by atoms with Gasteiger partial charge in [-0.2, -0.15) is 14.6 Å². The van der Waals surface area contributed by atoms with Crippen LogP contribution < -0.4 is 14.8 Å². The number of ether oxygens (including phenoxy) is 1. The topological polar surface area (TPSA) is 117 Å². The number of nitrogens with zero attached hydrogens (tertiary/aromatic N) is 6. The van der Waals surface area contributed by atoms with Crippen LogP contribution in [-0.2, 0) is 0 Å². The van der Waals surface area contributed by atoms with Crippen LogP contribution in [0.25, 0.3) is 39.4 Å². The van der Waals surface area contributed by atoms with E-state index in [4.69, 9.17) is 9.84 Å². The van der Waals surface area contributed by atoms with E-state index in [0.29, 0.717) is 32.1 Å². The summed E-state index contributed by atoms with van der Waals surface area (Å²) in [4.78, 5) is 29.4. The lowest BCUT2D eigenvalue weighted by Gasteiger charge is -2.04. The molecule has 6 aromatic rings. The predicted molar refractivity (Wildman–Crippen MR) is 151 cm³/mol. The van der Waals surface area contributed by atoms with Crippen LogP contribution in [0.4, 0.5) is 5.69 Å². The van der Waals surface area contributed by atoms with Gasteiger partial charge in [-0.05, 0) is 42.5 Å². The first-order valence-corrected chi connectivity index (χ1v) is 13.2. The highest BCUT2D eigenvalue weighted by Crippen LogP contribution is 2.33. The Morgan fingerprint density at radius 2 is 1.77 bits per heavy atom. The first-order valence-electron chi connectivity index (χ1n) is 11.6. The molecule has 0 aliphatic carbocycles. The van der Waals surface area contributed by atoms with Gasteiger partial charge in [0.05, 0.1) is 22.3 Å². The summed E-state index contributed by atoms with van der Waals surface area (Å²) in [5.41, 5.74) is 2.68. The van der Waals surface area contributed by atoms with Crippen LogP contribution >= 0.6 is 27.3 Å². The van der Waals surface area contributed by atoms with Gasteiger partial charge in [0.15, 0.2) is 11.6 Å². The van der Waals surface area contributed by atoms with Crippen LogP contribution in [0.3, 0.4) is 0 Å². The summed E-state index contributed by atoms with van der Waals surface area (Å²) >= 11 is 4.62. The van der Waals surface area contributed by atoms with Gasteiger partial charge in [0.1, 0.15) is 5.69 Å². The molecule has 0 saturated heterocycles. The summed E-state index contributed by atoms with van der Waals surface area (Å²) in [7, 11) is 1.38. The molecule has 3 aromatic carbocycles. The fourth-order valence-corrected chi connectivity index (χ4v) is 5.27. The van der Waals surface area contributed by atoms with Crippen LogP contribution in [0.15, 0.2) is 88.3 Å². The number of rotatable bonds is 6. The van der Waals surface area contributed by atoms with Crippen molar-refractivity contribution in [1.82, 2.24) is 24.4 Å². The molecule has 0 fully saturated rings. The van der Waals surface area contributed by atoms with Crippen molar-refractivity contribution in [2.24, 2.45) is 0 Å². The number of halogens is 1. The van der Waals surface area contributed by atoms with Crippen molar-refractivity contribution in [2.75, 3.05) is 7.11 Å². The smallest absolute Gasteiger partial charge is 0.311 e. The molecule has 0 amide bonds. The van der Waals surface area contributed by atoms with Crippen LogP contribution in [-0.4, -0.2) is 36.4 Å². The number of thiazole rings is 1. The van der Waals surface area contributed by atoms with Gasteiger partial charge in [-0.1, -0.05) is 57.6 Å². The number of hydrogen-bond donors (Lipinski definition) is 0. The molecule has 0 spiro atoms. The summed E-state index contributed by atoms with van der Waals surface area (Å²) < 4.78 is 9.45. The maximum absolute atomic E-state index is 13.3. The highest BCUT2D eigenvalue weighted by molar-refractivity contribution is 9.10. The van der Waals surface area contributed by atoms with Gasteiger partial charge in [0.2, 0.25) is 4.96 Å². The number of aromatic nitrogens is 5. The lowest BCUT2D eigenvalue weighted by atomic mass is 10.1. The number of benzene rings is 3. The molecule has 0 aliphatic heterocycles. The highest BCUT2D eigenvalue weighted by atomic mass is 79.9. The van der Waals surface area contributed by atoms with Crippen molar-refractivity contribution in [2.45, 2.75) is 0 Å². The molecule has 0 radical (unpaired) electrons. The molecule has 39 heavy (non-hydrogen) atoms. The van der Waals surface area contributed by atoms with Gasteiger partial charge in [-0.3, -0.25) is 14.9 Å². The lowest BCUT2D eigenvalue weighted by Crippen LogP contribution is -2.23. The Kier molecular flexibility index (Phi) is 6.25. The Morgan fingerprint density at radius 3 is 2.46 bits per heavy atom. The van der Waals surface area contributed by atoms with E-state index in [1.165, 1.54) is 35.1 Å². The van der Waals surface area contributed by atoms with Gasteiger partial charge in [-0.15, -0.1) is 5.10 Å². The Hall–Kier alpha value is -4.68. The van der Waals surface area contributed by atoms with Gasteiger partial charge in [-0.25, -0.2) is 4.68 Å². The molecule has 192 valence electrons. The van der Waals surface area contributed by atoms with Crippen LogP contribution in [0.1, 0.15) is 5.56 Å². The summed E-state index contributed by atoms with van der Waals surface area (Å²) in [6, 6.07) is 21.6. The van der Waals surface area contributed by atoms with E-state index in [-0.39, 0.29) is 17.0 Å². The van der Waals surface area contributed by atoms with Crippen molar-refractivity contribution >= 4 is 44.0 Å². The van der Waals surface area contributed by atoms with Crippen molar-refractivity contribution in [3.8, 4) is 34.1 Å². The number of methoxy groups -OCH3 is 1. The fraction of sp³-hybridized carbons (Fsp3) is 0.0370. The minimum Gasteiger partial charge on any atom is -0.490 e. The third-order valence-electron chi connectivity index (χ3n) is 5.98. The molecule has 0 aliphatic rings. The standard InChI is InChI=1S/C27H17BrN6O4S/c1-38-22-12-9-17(13-21(22)34(36)37)24-18(15-32(30-24)20-5-3-2-4-6-20)14-23-26(35)33-27(39-23)29-25(31-33)16-7-10-19(28)11-8-16/h2-15H,1H3. The zero-order valence-electron chi connectivity index (χ0n) is 20.2. The van der Waals surface area contributed by atoms with E-state index in [1.54, 1.807) is 23.0 Å². The Bertz CT molecular complexity index is 1970. The van der Waals surface area contributed by atoms with E-state index in [9.17, 15) is 14.9 Å². The van der Waals surface area contributed by atoms with Gasteiger partial charge < -0.3 is 4.74 Å². The van der Waals surface area contributed by atoms with Crippen LogP contribution in [0.2, 0.25) is 0 Å². The number of nitro groups is 1. The zero-order chi connectivity index (χ0) is 27.1. The summed E-state index contributed by atoms with van der Waals surface area (Å²) in [5, 5.41) is 20.8. The number of nitro benzene ring substituents is 1. The van der Waals surface area contributed by atoms with Gasteiger partial charge in [0, 0.05) is 33.4 Å². The predicted octanol–water partition coefficient (Wildman–Crippen LogP) is 4.90. The highest BCUT2D eigenvalue weighted by Gasteiger charge is 2.20. The molecule has 6 rings (SSSR count). The number of fused-ring (bicyclic) bond motifs is 1. The maximum Gasteiger partial charge on any atom is 0.311 e. The molecule has 0 bridgehead atoms. The van der Waals surface area contributed by atoms with E-state index in [0.717, 1.165) is 15.7 Å². The first kappa shape index (κ1) is 24.6. The summed E-state index contributed by atoms with van der Waals surface area (Å²) in [6.45, 7) is 0. The molecule has 0 saturated carbocycles. The molecular weight excluding hydrogens is 584 g/mol. The minimum absolute atomic E-state index is 0.144. The molecule has 10 nitrogen and oxygen atoms in total. The van der Waals surface area contributed by atoms with E-state index in [2.05, 4.69) is 26.0 Å². The van der Waals surface area contributed by atoms with Crippen LogP contribution in [0, 0.1) is 10.1 Å². The molecular formula is C27H17BrN6O4S. The molecule has 3 aromatic heterocycles. The Balaban J connectivity index is 1.50. The monoisotopic (exact) mass is 600 g/mol. The molecule has 3 heterocycles. The minimum atomic E-state index is -0.501. The maximum atomic E-state index is 13.3. The van der Waals surface area contributed by atoms with E-state index < -0.39 is 4.92 Å². The van der Waals surface area contributed by atoms with Gasteiger partial charge in [0.25, 0.3) is 5.56 Å². The molecule has 0 N–H and O–H groups in total. The van der Waals surface area contributed by atoms with Crippen molar-refractivity contribution < 1.29 is 9.66 Å². The second-order valence-corrected chi connectivity index (χ2v) is 10.3. The fourth-order valence-electron chi connectivity index (χ4n) is 4.11. The Labute approximate surface area is 232 Å². The third-order valence-corrected chi connectivity index (χ3v) is 7.47. The van der Waals surface area contributed by atoms with Crippen molar-refractivity contribution in [1.29, 1.82) is 0 Å². The van der Waals surface area contributed by atoms with Crippen molar-refractivity contribution in [3.63, 3.8) is 0 Å². The number of hydrogen-bond acceptors (Lipinski definition) is 8. The van der Waals surface area contributed by atoms with Crippen LogP contribution in [0.5, 0.6) is 5.75 Å². The summed E-state index contributed by atoms with van der Waals surface area (Å²) in [5.74, 6) is 0.603. The normalized spacial score (nSPS) is 11.8. The zero-order valence-corrected chi connectivity index (χ0v) is 22.6. The quantitative estimate of drug-likeness (QED) is 0.197. The molecule has 0 atom stereocenters. The number of para-hydroxylation sites is 1. The SMILES string of the molecule is COc1ccc(-c2nn(-c3ccccc3)cc2C=c2sc3nc(-c4ccc(Br)cc4)nn3c2=O)cc1[N+](=O)[O-]. The Morgan fingerprint density at radius 1 is 1.03 bits per heavy atom. The summed E-state index contributed by atoms with van der Waals surface area (Å²) in [6.07, 6.45) is 3.49. The first-order chi connectivity index (χ1) is 18.9. The second kappa shape index (κ2) is 9.89. The largest absolute Gasteiger partial charge is 0.490 e. The second-order valence-electron chi connectivity index (χ2n) is 8.41. The molecule has 0 unspecified atom stereocenters. The average molecular weight is 601 g/mol. The van der Waals surface area contributed by atoms with E-state index >= 15 is 0 Å². The van der Waals surface area contributed by atoms with Gasteiger partial charge >= 0.3 is 5.69 Å². The third kappa shape index (κ3) is 4.60. The van der Waals surface area contributed by atoms with Crippen molar-refractivity contribution in [3.05, 3.63) is 114 Å². The lowest BCUT2D eigenvalue weighted by molar-refractivity contribution is -0.385. The molecule has 12 heteroatoms. The average Bonchev–Trinajstić information content (AvgIpc) is 3.64.